The van der Waals surface area contributed by atoms with Crippen molar-refractivity contribution in [1.29, 1.82) is 0 Å². The van der Waals surface area contributed by atoms with Gasteiger partial charge in [-0.2, -0.15) is 0 Å². The van der Waals surface area contributed by atoms with Gasteiger partial charge in [-0.05, 0) is 25.5 Å². The SMILES string of the molecule is C[C@H]1COC2(CCN([C@@H]3CCN(c4ccccc4F)C3=O)CC2)O1. The number of nitrogens with zero attached hydrogens (tertiary/aromatic N) is 2. The number of para-hydroxylation sites is 1. The van der Waals surface area contributed by atoms with Crippen LogP contribution in [0.2, 0.25) is 0 Å². The lowest BCUT2D eigenvalue weighted by Gasteiger charge is -2.39. The molecular weight excluding hydrogens is 311 g/mol. The lowest BCUT2D eigenvalue weighted by molar-refractivity contribution is -0.195. The maximum atomic E-state index is 14.0. The Morgan fingerprint density at radius 2 is 1.96 bits per heavy atom. The second-order valence-corrected chi connectivity index (χ2v) is 6.93. The zero-order valence-corrected chi connectivity index (χ0v) is 13.9. The van der Waals surface area contributed by atoms with E-state index < -0.39 is 5.79 Å². The molecule has 6 heteroatoms. The molecule has 1 aromatic carbocycles. The van der Waals surface area contributed by atoms with E-state index in [0.717, 1.165) is 32.4 Å². The fourth-order valence-corrected chi connectivity index (χ4v) is 4.06. The predicted octanol–water partition coefficient (Wildman–Crippen LogP) is 2.16. The van der Waals surface area contributed by atoms with E-state index in [1.54, 1.807) is 23.1 Å². The number of carbonyl (C=O) groups excluding carboxylic acids is 1. The number of hydrogen-bond acceptors (Lipinski definition) is 4. The van der Waals surface area contributed by atoms with Gasteiger partial charge in [0.25, 0.3) is 0 Å². The van der Waals surface area contributed by atoms with E-state index >= 15 is 0 Å². The molecule has 0 aromatic heterocycles. The molecule has 1 amide bonds. The average molecular weight is 334 g/mol. The number of ether oxygens (including phenoxy) is 2. The van der Waals surface area contributed by atoms with E-state index in [1.807, 2.05) is 6.92 Å². The first-order valence-electron chi connectivity index (χ1n) is 8.70. The molecule has 3 fully saturated rings. The number of likely N-dealkylation sites (tertiary alicyclic amines) is 1. The number of anilines is 1. The molecule has 5 nitrogen and oxygen atoms in total. The highest BCUT2D eigenvalue weighted by molar-refractivity contribution is 5.99. The molecule has 3 heterocycles. The third kappa shape index (κ3) is 2.72. The van der Waals surface area contributed by atoms with E-state index in [2.05, 4.69) is 4.90 Å². The number of hydrogen-bond donors (Lipinski definition) is 0. The first kappa shape index (κ1) is 16.0. The Hall–Kier alpha value is -1.50. The molecule has 3 aliphatic heterocycles. The van der Waals surface area contributed by atoms with Crippen molar-refractivity contribution in [3.8, 4) is 0 Å². The number of rotatable bonds is 2. The minimum Gasteiger partial charge on any atom is -0.347 e. The third-order valence-corrected chi connectivity index (χ3v) is 5.32. The predicted molar refractivity (Wildman–Crippen MR) is 87.2 cm³/mol. The molecule has 0 saturated carbocycles. The van der Waals surface area contributed by atoms with Gasteiger partial charge in [0.2, 0.25) is 5.91 Å². The highest BCUT2D eigenvalue weighted by atomic mass is 19.1. The summed E-state index contributed by atoms with van der Waals surface area (Å²) in [4.78, 5) is 16.6. The minimum atomic E-state index is -0.456. The fraction of sp³-hybridized carbons (Fsp3) is 0.611. The summed E-state index contributed by atoms with van der Waals surface area (Å²) in [6.07, 6.45) is 2.43. The molecule has 2 atom stereocenters. The number of piperidine rings is 1. The normalized spacial score (nSPS) is 30.4. The van der Waals surface area contributed by atoms with Crippen molar-refractivity contribution in [3.63, 3.8) is 0 Å². The Labute approximate surface area is 141 Å². The van der Waals surface area contributed by atoms with Crippen molar-refractivity contribution in [2.45, 2.75) is 44.1 Å². The summed E-state index contributed by atoms with van der Waals surface area (Å²) < 4.78 is 25.8. The molecule has 3 saturated heterocycles. The molecular formula is C18H23FN2O3. The molecule has 1 aromatic rings. The van der Waals surface area contributed by atoms with Crippen LogP contribution in [0.4, 0.5) is 10.1 Å². The van der Waals surface area contributed by atoms with Crippen LogP contribution in [0.3, 0.4) is 0 Å². The van der Waals surface area contributed by atoms with Gasteiger partial charge in [-0.3, -0.25) is 9.69 Å². The highest BCUT2D eigenvalue weighted by Gasteiger charge is 2.46. The Balaban J connectivity index is 1.42. The lowest BCUT2D eigenvalue weighted by atomic mass is 10.0. The maximum absolute atomic E-state index is 14.0. The van der Waals surface area contributed by atoms with Crippen LogP contribution in [0.1, 0.15) is 26.2 Å². The van der Waals surface area contributed by atoms with Gasteiger partial charge in [0.15, 0.2) is 5.79 Å². The van der Waals surface area contributed by atoms with Crippen molar-refractivity contribution >= 4 is 11.6 Å². The van der Waals surface area contributed by atoms with Crippen molar-refractivity contribution in [3.05, 3.63) is 30.1 Å². The second-order valence-electron chi connectivity index (χ2n) is 6.93. The summed E-state index contributed by atoms with van der Waals surface area (Å²) in [6, 6.07) is 6.31. The average Bonchev–Trinajstić information content (AvgIpc) is 3.13. The Bertz CT molecular complexity index is 630. The summed E-state index contributed by atoms with van der Waals surface area (Å²) >= 11 is 0. The van der Waals surface area contributed by atoms with E-state index in [4.69, 9.17) is 9.47 Å². The number of carbonyl (C=O) groups is 1. The van der Waals surface area contributed by atoms with E-state index in [1.165, 1.54) is 6.07 Å². The van der Waals surface area contributed by atoms with Crippen molar-refractivity contribution in [1.82, 2.24) is 4.90 Å². The Morgan fingerprint density at radius 1 is 1.21 bits per heavy atom. The number of amides is 1. The molecule has 1 spiro atoms. The molecule has 0 N–H and O–H groups in total. The minimum absolute atomic E-state index is 0.00215. The summed E-state index contributed by atoms with van der Waals surface area (Å²) in [5.41, 5.74) is 0.384. The van der Waals surface area contributed by atoms with Crippen LogP contribution >= 0.6 is 0 Å². The molecule has 130 valence electrons. The van der Waals surface area contributed by atoms with Gasteiger partial charge in [-0.15, -0.1) is 0 Å². The maximum Gasteiger partial charge on any atom is 0.244 e. The zero-order chi connectivity index (χ0) is 16.7. The van der Waals surface area contributed by atoms with Gasteiger partial charge in [-0.25, -0.2) is 4.39 Å². The van der Waals surface area contributed by atoms with Gasteiger partial charge in [0.05, 0.1) is 24.4 Å². The monoisotopic (exact) mass is 334 g/mol. The van der Waals surface area contributed by atoms with Crippen LogP contribution in [0.15, 0.2) is 24.3 Å². The van der Waals surface area contributed by atoms with Crippen LogP contribution in [0.5, 0.6) is 0 Å². The summed E-state index contributed by atoms with van der Waals surface area (Å²) in [7, 11) is 0. The van der Waals surface area contributed by atoms with Crippen molar-refractivity contribution in [2.24, 2.45) is 0 Å². The standard InChI is InChI=1S/C18H23FN2O3/c1-13-12-23-18(24-13)7-10-20(11-8-18)16-6-9-21(17(16)22)15-5-3-2-4-14(15)19/h2-5,13,16H,6-12H2,1H3/t13-,16+/m0/s1. The summed E-state index contributed by atoms with van der Waals surface area (Å²) in [6.45, 7) is 4.77. The van der Waals surface area contributed by atoms with Crippen LogP contribution in [0, 0.1) is 5.82 Å². The number of benzene rings is 1. The van der Waals surface area contributed by atoms with E-state index in [-0.39, 0.29) is 23.9 Å². The van der Waals surface area contributed by atoms with Gasteiger partial charge < -0.3 is 14.4 Å². The zero-order valence-electron chi connectivity index (χ0n) is 13.9. The van der Waals surface area contributed by atoms with Crippen LogP contribution in [-0.4, -0.2) is 55.0 Å². The smallest absolute Gasteiger partial charge is 0.244 e. The first-order chi connectivity index (χ1) is 11.6. The third-order valence-electron chi connectivity index (χ3n) is 5.32. The van der Waals surface area contributed by atoms with Gasteiger partial charge in [-0.1, -0.05) is 12.1 Å². The number of halogens is 1. The summed E-state index contributed by atoms with van der Waals surface area (Å²) in [5, 5.41) is 0. The van der Waals surface area contributed by atoms with E-state index in [0.29, 0.717) is 18.8 Å². The Morgan fingerprint density at radius 3 is 2.62 bits per heavy atom. The van der Waals surface area contributed by atoms with Gasteiger partial charge in [0, 0.05) is 32.5 Å². The topological polar surface area (TPSA) is 42.0 Å². The fourth-order valence-electron chi connectivity index (χ4n) is 4.06. The van der Waals surface area contributed by atoms with Crippen molar-refractivity contribution < 1.29 is 18.7 Å². The molecule has 4 rings (SSSR count). The molecule has 0 unspecified atom stereocenters. The van der Waals surface area contributed by atoms with E-state index in [9.17, 15) is 9.18 Å². The van der Waals surface area contributed by atoms with Gasteiger partial charge in [0.1, 0.15) is 5.82 Å². The molecule has 0 aliphatic carbocycles. The first-order valence-corrected chi connectivity index (χ1v) is 8.70. The van der Waals surface area contributed by atoms with Gasteiger partial charge >= 0.3 is 0 Å². The largest absolute Gasteiger partial charge is 0.347 e. The Kier molecular flexibility index (Phi) is 4.06. The second kappa shape index (κ2) is 6.10. The molecule has 24 heavy (non-hydrogen) atoms. The van der Waals surface area contributed by atoms with Crippen molar-refractivity contribution in [2.75, 3.05) is 31.1 Å². The van der Waals surface area contributed by atoms with Crippen LogP contribution < -0.4 is 4.90 Å². The summed E-state index contributed by atoms with van der Waals surface area (Å²) in [5.74, 6) is -0.800. The molecule has 3 aliphatic rings. The lowest BCUT2D eigenvalue weighted by Crippen LogP contribution is -2.51. The molecule has 0 bridgehead atoms. The van der Waals surface area contributed by atoms with Crippen LogP contribution in [-0.2, 0) is 14.3 Å². The highest BCUT2D eigenvalue weighted by Crippen LogP contribution is 2.36. The quantitative estimate of drug-likeness (QED) is 0.831. The molecule has 0 radical (unpaired) electrons. The van der Waals surface area contributed by atoms with Crippen LogP contribution in [0.25, 0.3) is 0 Å².